The molecule has 0 radical (unpaired) electrons. The number of fused-ring (bicyclic) bond motifs is 5. The lowest BCUT2D eigenvalue weighted by molar-refractivity contribution is -0.221. The lowest BCUT2D eigenvalue weighted by atomic mass is 9.44. The predicted molar refractivity (Wildman–Crippen MR) is 118 cm³/mol. The average molecular weight is 427 g/mol. The Hall–Kier alpha value is -2.12. The molecular weight excluding hydrogens is 392 g/mol. The third-order valence-corrected chi connectivity index (χ3v) is 9.63. The molecule has 6 atom stereocenters. The van der Waals surface area contributed by atoms with E-state index in [9.17, 15) is 10.2 Å². The number of hydrazone groups is 1. The van der Waals surface area contributed by atoms with Crippen LogP contribution < -0.4 is 11.2 Å². The molecule has 5 rings (SSSR count). The molecule has 0 aliphatic heterocycles. The molecule has 0 bridgehead atoms. The summed E-state index contributed by atoms with van der Waals surface area (Å²) in [5, 5.41) is 35.7. The fraction of sp³-hybridized carbons (Fsp3) is 0.667. The molecule has 4 aliphatic rings. The van der Waals surface area contributed by atoms with Crippen molar-refractivity contribution in [2.75, 3.05) is 0 Å². The van der Waals surface area contributed by atoms with Crippen molar-refractivity contribution in [3.8, 4) is 0 Å². The number of guanidine groups is 1. The summed E-state index contributed by atoms with van der Waals surface area (Å²) in [4.78, 5) is 0. The highest BCUT2D eigenvalue weighted by Gasteiger charge is 2.71. The highest BCUT2D eigenvalue weighted by Crippen LogP contribution is 2.71. The highest BCUT2D eigenvalue weighted by molar-refractivity contribution is 5.97. The summed E-state index contributed by atoms with van der Waals surface area (Å²) in [6.45, 7) is 4.45. The number of rotatable bonds is 2. The fourth-order valence-corrected chi connectivity index (χ4v) is 7.74. The van der Waals surface area contributed by atoms with Gasteiger partial charge in [-0.05, 0) is 80.8 Å². The minimum Gasteiger partial charge on any atom is -0.472 e. The summed E-state index contributed by atoms with van der Waals surface area (Å²) < 4.78 is 5.30. The van der Waals surface area contributed by atoms with Crippen molar-refractivity contribution < 1.29 is 14.6 Å². The molecule has 3 fully saturated rings. The lowest BCUT2D eigenvalue weighted by Crippen LogP contribution is -2.63. The third kappa shape index (κ3) is 2.65. The predicted octanol–water partition coefficient (Wildman–Crippen LogP) is 3.38. The number of nitrogens with zero attached hydrogens (tertiary/aromatic N) is 1. The second-order valence-corrected chi connectivity index (χ2v) is 10.6. The Morgan fingerprint density at radius 2 is 1.97 bits per heavy atom. The van der Waals surface area contributed by atoms with Gasteiger partial charge >= 0.3 is 0 Å². The molecular formula is C24H34N4O3. The van der Waals surface area contributed by atoms with Crippen LogP contribution in [0.25, 0.3) is 0 Å². The molecule has 0 saturated heterocycles. The minimum atomic E-state index is -1.05. The molecule has 4 aliphatic carbocycles. The third-order valence-electron chi connectivity index (χ3n) is 9.63. The van der Waals surface area contributed by atoms with Crippen LogP contribution in [0.15, 0.2) is 39.8 Å². The van der Waals surface area contributed by atoms with E-state index in [-0.39, 0.29) is 17.3 Å². The van der Waals surface area contributed by atoms with Gasteiger partial charge < -0.3 is 20.4 Å². The SMILES string of the molecule is C[C@]12CC[C@H]3[C@@H](CCC4=CC(=NNC(=N)N)CC[C@@]43C)[C@@]1(O)CC[C@]2(O)c1ccoc1. The highest BCUT2D eigenvalue weighted by atomic mass is 16.3. The van der Waals surface area contributed by atoms with Crippen molar-refractivity contribution in [1.29, 1.82) is 5.41 Å². The first kappa shape index (κ1) is 20.8. The van der Waals surface area contributed by atoms with E-state index in [1.165, 1.54) is 5.57 Å². The van der Waals surface area contributed by atoms with Gasteiger partial charge in [-0.15, -0.1) is 0 Å². The number of hydrogen-bond acceptors (Lipinski definition) is 5. The lowest BCUT2D eigenvalue weighted by Gasteiger charge is -2.62. The number of aliphatic hydroxyl groups is 2. The molecule has 0 unspecified atom stereocenters. The standard InChI is InChI=1S/C24H34N4O3/c1-21-8-5-17(27-28-20(25)26)13-15(21)3-4-19-18(21)6-9-22(2)23(29,10-11-24(19,22)30)16-7-12-31-14-16/h7,12-14,18-19,29-30H,3-6,8-11H2,1-2H3,(H4,25,26,28)/t18-,19+,21-,22+,23-,24-/m0/s1. The molecule has 1 aromatic heterocycles. The molecule has 0 amide bonds. The van der Waals surface area contributed by atoms with Gasteiger partial charge in [0, 0.05) is 11.0 Å². The largest absolute Gasteiger partial charge is 0.472 e. The van der Waals surface area contributed by atoms with Crippen LogP contribution >= 0.6 is 0 Å². The van der Waals surface area contributed by atoms with Crippen molar-refractivity contribution in [2.45, 2.75) is 76.4 Å². The maximum Gasteiger partial charge on any atom is 0.206 e. The maximum absolute atomic E-state index is 12.2. The van der Waals surface area contributed by atoms with E-state index in [0.717, 1.165) is 49.8 Å². The van der Waals surface area contributed by atoms with Crippen LogP contribution in [-0.2, 0) is 5.60 Å². The van der Waals surface area contributed by atoms with Crippen LogP contribution in [0, 0.1) is 28.1 Å². The molecule has 6 N–H and O–H groups in total. The summed E-state index contributed by atoms with van der Waals surface area (Å²) in [5.74, 6) is 0.408. The zero-order valence-corrected chi connectivity index (χ0v) is 18.4. The van der Waals surface area contributed by atoms with E-state index in [1.54, 1.807) is 12.5 Å². The number of hydrogen-bond donors (Lipinski definition) is 5. The summed E-state index contributed by atoms with van der Waals surface area (Å²) in [5.41, 5.74) is 8.59. The summed E-state index contributed by atoms with van der Waals surface area (Å²) in [7, 11) is 0. The topological polar surface area (TPSA) is 128 Å². The molecule has 7 nitrogen and oxygen atoms in total. The quantitative estimate of drug-likeness (QED) is 0.281. The van der Waals surface area contributed by atoms with Crippen molar-refractivity contribution in [1.82, 2.24) is 5.43 Å². The first-order valence-corrected chi connectivity index (χ1v) is 11.5. The normalized spacial score (nSPS) is 45.4. The van der Waals surface area contributed by atoms with Gasteiger partial charge in [-0.25, -0.2) is 5.43 Å². The van der Waals surface area contributed by atoms with E-state index in [1.807, 2.05) is 6.07 Å². The number of nitrogens with one attached hydrogen (secondary N) is 2. The van der Waals surface area contributed by atoms with Crippen LogP contribution in [0.5, 0.6) is 0 Å². The smallest absolute Gasteiger partial charge is 0.206 e. The number of furan rings is 1. The van der Waals surface area contributed by atoms with Gasteiger partial charge in [0.15, 0.2) is 0 Å². The molecule has 31 heavy (non-hydrogen) atoms. The van der Waals surface area contributed by atoms with E-state index >= 15 is 0 Å². The summed E-state index contributed by atoms with van der Waals surface area (Å²) in [6, 6.07) is 1.85. The average Bonchev–Trinajstić information content (AvgIpc) is 3.34. The van der Waals surface area contributed by atoms with Crippen LogP contribution in [0.4, 0.5) is 0 Å². The van der Waals surface area contributed by atoms with Crippen molar-refractivity contribution in [2.24, 2.45) is 33.5 Å². The van der Waals surface area contributed by atoms with Crippen molar-refractivity contribution in [3.63, 3.8) is 0 Å². The molecule has 1 heterocycles. The first-order valence-electron chi connectivity index (χ1n) is 11.5. The van der Waals surface area contributed by atoms with Crippen LogP contribution in [0.2, 0.25) is 0 Å². The van der Waals surface area contributed by atoms with Gasteiger partial charge in [0.05, 0.1) is 23.8 Å². The second kappa shape index (κ2) is 6.69. The van der Waals surface area contributed by atoms with E-state index in [2.05, 4.69) is 30.5 Å². The number of allylic oxidation sites excluding steroid dienone is 2. The second-order valence-electron chi connectivity index (χ2n) is 10.6. The molecule has 1 aromatic rings. The van der Waals surface area contributed by atoms with Crippen LogP contribution in [-0.4, -0.2) is 27.5 Å². The fourth-order valence-electron chi connectivity index (χ4n) is 7.74. The molecule has 3 saturated carbocycles. The van der Waals surface area contributed by atoms with Gasteiger partial charge in [-0.3, -0.25) is 5.41 Å². The van der Waals surface area contributed by atoms with E-state index in [0.29, 0.717) is 18.8 Å². The van der Waals surface area contributed by atoms with Crippen LogP contribution in [0.3, 0.4) is 0 Å². The Morgan fingerprint density at radius 3 is 2.68 bits per heavy atom. The van der Waals surface area contributed by atoms with Gasteiger partial charge in [-0.2, -0.15) is 5.10 Å². The van der Waals surface area contributed by atoms with E-state index in [4.69, 9.17) is 15.6 Å². The Morgan fingerprint density at radius 1 is 1.16 bits per heavy atom. The van der Waals surface area contributed by atoms with Crippen LogP contribution in [0.1, 0.15) is 70.8 Å². The molecule has 0 spiro atoms. The van der Waals surface area contributed by atoms with Gasteiger partial charge in [0.2, 0.25) is 5.96 Å². The molecule has 7 heteroatoms. The maximum atomic E-state index is 12.2. The Balaban J connectivity index is 1.48. The Labute approximate surface area is 183 Å². The van der Waals surface area contributed by atoms with Crippen molar-refractivity contribution >= 4 is 11.7 Å². The minimum absolute atomic E-state index is 0.0333. The first-order chi connectivity index (χ1) is 14.6. The Bertz CT molecular complexity index is 956. The summed E-state index contributed by atoms with van der Waals surface area (Å²) in [6.07, 6.45) is 12.1. The summed E-state index contributed by atoms with van der Waals surface area (Å²) >= 11 is 0. The Kier molecular flexibility index (Phi) is 4.48. The monoisotopic (exact) mass is 426 g/mol. The molecule has 168 valence electrons. The van der Waals surface area contributed by atoms with Gasteiger partial charge in [-0.1, -0.05) is 19.4 Å². The molecule has 0 aromatic carbocycles. The van der Waals surface area contributed by atoms with Gasteiger partial charge in [0.25, 0.3) is 0 Å². The zero-order valence-electron chi connectivity index (χ0n) is 18.4. The number of nitrogens with two attached hydrogens (primary N) is 1. The van der Waals surface area contributed by atoms with Gasteiger partial charge in [0.1, 0.15) is 5.60 Å². The van der Waals surface area contributed by atoms with Crippen molar-refractivity contribution in [3.05, 3.63) is 35.8 Å². The zero-order chi connectivity index (χ0) is 22.1. The van der Waals surface area contributed by atoms with E-state index < -0.39 is 16.6 Å².